The number of fused-ring (bicyclic) bond motifs is 2. The molecule has 0 heterocycles. The Morgan fingerprint density at radius 2 is 1.66 bits per heavy atom. The van der Waals surface area contributed by atoms with Crippen molar-refractivity contribution < 1.29 is 14.3 Å². The number of rotatable bonds is 6. The molecule has 1 unspecified atom stereocenters. The molecular formula is C31H29NO3. The van der Waals surface area contributed by atoms with E-state index in [1.807, 2.05) is 19.1 Å². The minimum atomic E-state index is -0.618. The molecule has 4 aromatic rings. The van der Waals surface area contributed by atoms with Gasteiger partial charge in [-0.05, 0) is 43.0 Å². The summed E-state index contributed by atoms with van der Waals surface area (Å²) in [4.78, 5) is 14.5. The summed E-state index contributed by atoms with van der Waals surface area (Å²) in [6.45, 7) is 4.42. The van der Waals surface area contributed by atoms with Gasteiger partial charge in [-0.2, -0.15) is 0 Å². The van der Waals surface area contributed by atoms with E-state index in [1.165, 1.54) is 16.3 Å². The van der Waals surface area contributed by atoms with Crippen molar-refractivity contribution in [3.05, 3.63) is 108 Å². The molecule has 0 N–H and O–H groups in total. The highest BCUT2D eigenvalue weighted by Gasteiger charge is 2.26. The highest BCUT2D eigenvalue weighted by atomic mass is 16.7. The maximum Gasteiger partial charge on any atom is 0.508 e. The first kappa shape index (κ1) is 22.7. The lowest BCUT2D eigenvalue weighted by Crippen LogP contribution is -2.18. The molecule has 0 amide bonds. The smallest absolute Gasteiger partial charge is 0.434 e. The summed E-state index contributed by atoms with van der Waals surface area (Å²) in [5.74, 6) is 0. The van der Waals surface area contributed by atoms with Crippen LogP contribution in [-0.2, 0) is 9.47 Å². The predicted octanol–water partition coefficient (Wildman–Crippen LogP) is 8.64. The molecule has 4 nitrogen and oxygen atoms in total. The molecule has 0 fully saturated rings. The molecule has 1 atom stereocenters. The van der Waals surface area contributed by atoms with E-state index < -0.39 is 6.16 Å². The zero-order chi connectivity index (χ0) is 24.2. The minimum Gasteiger partial charge on any atom is -0.434 e. The van der Waals surface area contributed by atoms with Gasteiger partial charge in [-0.3, -0.25) is 0 Å². The standard InChI is InChI=1S/C31H29NO3/c1-3-21-34-31(33)35-30-16-8-12-26-27(30)13-7-15-29(26)32(24-19-17-22(2)18-20-24)28-14-6-10-23-9-4-5-11-25(23)28/h4-15,17-20,30H,3,16,21H2,1-2H3. The van der Waals surface area contributed by atoms with Crippen molar-refractivity contribution in [1.29, 1.82) is 0 Å². The van der Waals surface area contributed by atoms with Crippen molar-refractivity contribution in [2.75, 3.05) is 11.5 Å². The van der Waals surface area contributed by atoms with Crippen LogP contribution in [0.25, 0.3) is 16.8 Å². The van der Waals surface area contributed by atoms with E-state index in [0.717, 1.165) is 34.6 Å². The average Bonchev–Trinajstić information content (AvgIpc) is 2.89. The second-order valence-corrected chi connectivity index (χ2v) is 8.79. The second kappa shape index (κ2) is 10.1. The van der Waals surface area contributed by atoms with Crippen LogP contribution in [-0.4, -0.2) is 12.8 Å². The summed E-state index contributed by atoms with van der Waals surface area (Å²) < 4.78 is 10.9. The fourth-order valence-corrected chi connectivity index (χ4v) is 4.62. The van der Waals surface area contributed by atoms with Crippen LogP contribution in [0.2, 0.25) is 0 Å². The number of carbonyl (C=O) groups is 1. The Balaban J connectivity index is 1.65. The van der Waals surface area contributed by atoms with Crippen molar-refractivity contribution in [1.82, 2.24) is 0 Å². The van der Waals surface area contributed by atoms with Crippen LogP contribution < -0.4 is 4.90 Å². The van der Waals surface area contributed by atoms with E-state index in [1.54, 1.807) is 0 Å². The van der Waals surface area contributed by atoms with Gasteiger partial charge < -0.3 is 14.4 Å². The van der Waals surface area contributed by atoms with Gasteiger partial charge in [0, 0.05) is 28.6 Å². The van der Waals surface area contributed by atoms with E-state index in [2.05, 4.69) is 96.8 Å². The first-order chi connectivity index (χ1) is 17.2. The van der Waals surface area contributed by atoms with Gasteiger partial charge in [0.15, 0.2) is 0 Å². The molecular weight excluding hydrogens is 434 g/mol. The highest BCUT2D eigenvalue weighted by Crippen LogP contribution is 2.44. The van der Waals surface area contributed by atoms with Crippen LogP contribution in [0.3, 0.4) is 0 Å². The molecule has 5 rings (SSSR count). The van der Waals surface area contributed by atoms with Crippen LogP contribution in [0.4, 0.5) is 21.9 Å². The summed E-state index contributed by atoms with van der Waals surface area (Å²) in [6.07, 6.45) is 4.58. The molecule has 0 radical (unpaired) electrons. The Morgan fingerprint density at radius 3 is 2.49 bits per heavy atom. The lowest BCUT2D eigenvalue weighted by Gasteiger charge is -2.31. The van der Waals surface area contributed by atoms with E-state index >= 15 is 0 Å². The molecule has 0 saturated carbocycles. The van der Waals surface area contributed by atoms with Crippen LogP contribution in [0, 0.1) is 6.92 Å². The number of benzene rings is 4. The molecule has 0 aromatic heterocycles. The zero-order valence-corrected chi connectivity index (χ0v) is 20.1. The van der Waals surface area contributed by atoms with E-state index in [9.17, 15) is 4.79 Å². The van der Waals surface area contributed by atoms with Gasteiger partial charge in [0.2, 0.25) is 0 Å². The fourth-order valence-electron chi connectivity index (χ4n) is 4.62. The maximum absolute atomic E-state index is 12.2. The van der Waals surface area contributed by atoms with Gasteiger partial charge in [-0.25, -0.2) is 4.79 Å². The molecule has 1 aliphatic rings. The number of hydrogen-bond acceptors (Lipinski definition) is 4. The Hall–Kier alpha value is -4.05. The molecule has 4 aromatic carbocycles. The average molecular weight is 464 g/mol. The molecule has 176 valence electrons. The van der Waals surface area contributed by atoms with Crippen LogP contribution in [0.5, 0.6) is 0 Å². The highest BCUT2D eigenvalue weighted by molar-refractivity contribution is 6.00. The quantitative estimate of drug-likeness (QED) is 0.268. The number of aryl methyl sites for hydroxylation is 1. The second-order valence-electron chi connectivity index (χ2n) is 8.79. The first-order valence-corrected chi connectivity index (χ1v) is 12.1. The third-order valence-electron chi connectivity index (χ3n) is 6.30. The van der Waals surface area contributed by atoms with Crippen molar-refractivity contribution in [3.63, 3.8) is 0 Å². The lowest BCUT2D eigenvalue weighted by molar-refractivity contribution is 0.0233. The third-order valence-corrected chi connectivity index (χ3v) is 6.30. The van der Waals surface area contributed by atoms with Gasteiger partial charge in [0.25, 0.3) is 0 Å². The summed E-state index contributed by atoms with van der Waals surface area (Å²) in [5, 5.41) is 2.35. The topological polar surface area (TPSA) is 38.8 Å². The Labute approximate surface area is 206 Å². The Morgan fingerprint density at radius 1 is 0.914 bits per heavy atom. The number of ether oxygens (including phenoxy) is 2. The number of nitrogens with zero attached hydrogens (tertiary/aromatic N) is 1. The SMILES string of the molecule is CCCOC(=O)OC1CC=Cc2c1cccc2N(c1ccc(C)cc1)c1cccc2ccccc12. The van der Waals surface area contributed by atoms with Gasteiger partial charge >= 0.3 is 6.16 Å². The molecule has 0 saturated heterocycles. The van der Waals surface area contributed by atoms with E-state index in [-0.39, 0.29) is 6.10 Å². The maximum atomic E-state index is 12.2. The first-order valence-electron chi connectivity index (χ1n) is 12.1. The zero-order valence-electron chi connectivity index (χ0n) is 20.1. The molecule has 0 bridgehead atoms. The summed E-state index contributed by atoms with van der Waals surface area (Å²) in [5.41, 5.74) is 6.43. The van der Waals surface area contributed by atoms with E-state index in [4.69, 9.17) is 9.47 Å². The summed E-state index contributed by atoms with van der Waals surface area (Å²) in [6, 6.07) is 29.6. The van der Waals surface area contributed by atoms with Crippen molar-refractivity contribution in [3.8, 4) is 0 Å². The summed E-state index contributed by atoms with van der Waals surface area (Å²) >= 11 is 0. The van der Waals surface area contributed by atoms with Crippen LogP contribution >= 0.6 is 0 Å². The van der Waals surface area contributed by atoms with Crippen molar-refractivity contribution in [2.45, 2.75) is 32.8 Å². The fraction of sp³-hybridized carbons (Fsp3) is 0.194. The Bertz CT molecular complexity index is 1370. The largest absolute Gasteiger partial charge is 0.508 e. The molecule has 1 aliphatic carbocycles. The number of anilines is 3. The number of carbonyl (C=O) groups excluding carboxylic acids is 1. The van der Waals surface area contributed by atoms with Gasteiger partial charge in [-0.1, -0.05) is 85.3 Å². The van der Waals surface area contributed by atoms with Gasteiger partial charge in [-0.15, -0.1) is 0 Å². The Kier molecular flexibility index (Phi) is 6.53. The van der Waals surface area contributed by atoms with Crippen LogP contribution in [0.1, 0.15) is 42.6 Å². The van der Waals surface area contributed by atoms with Gasteiger partial charge in [0.05, 0.1) is 18.0 Å². The molecule has 0 aliphatic heterocycles. The van der Waals surface area contributed by atoms with Gasteiger partial charge in [0.1, 0.15) is 6.10 Å². The molecule has 0 spiro atoms. The third kappa shape index (κ3) is 4.65. The lowest BCUT2D eigenvalue weighted by atomic mass is 9.92. The normalized spacial score (nSPS) is 14.4. The summed E-state index contributed by atoms with van der Waals surface area (Å²) in [7, 11) is 0. The monoisotopic (exact) mass is 463 g/mol. The van der Waals surface area contributed by atoms with Crippen molar-refractivity contribution >= 4 is 40.1 Å². The molecule has 4 heteroatoms. The van der Waals surface area contributed by atoms with Crippen LogP contribution in [0.15, 0.2) is 91.0 Å². The number of hydrogen-bond donors (Lipinski definition) is 0. The van der Waals surface area contributed by atoms with E-state index in [0.29, 0.717) is 13.0 Å². The van der Waals surface area contributed by atoms with Crippen molar-refractivity contribution in [2.24, 2.45) is 0 Å². The minimum absolute atomic E-state index is 0.358. The molecule has 35 heavy (non-hydrogen) atoms. The predicted molar refractivity (Wildman–Crippen MR) is 142 cm³/mol.